The summed E-state index contributed by atoms with van der Waals surface area (Å²) in [6.45, 7) is 0.552. The van der Waals surface area contributed by atoms with Gasteiger partial charge in [-0.3, -0.25) is 9.52 Å². The lowest BCUT2D eigenvalue weighted by Gasteiger charge is -2.08. The maximum Gasteiger partial charge on any atom is 0.277 e. The number of sulfonamides is 1. The molecule has 1 amide bonds. The normalized spacial score (nSPS) is 12.3. The molecule has 0 aliphatic carbocycles. The van der Waals surface area contributed by atoms with Crippen LogP contribution in [0.4, 0.5) is 5.69 Å². The van der Waals surface area contributed by atoms with E-state index >= 15 is 0 Å². The molecule has 3 aromatic carbocycles. The lowest BCUT2D eigenvalue weighted by Crippen LogP contribution is -2.24. The van der Waals surface area contributed by atoms with Crippen LogP contribution in [-0.2, 0) is 21.4 Å². The van der Waals surface area contributed by atoms with Crippen molar-refractivity contribution in [2.75, 3.05) is 17.3 Å². The van der Waals surface area contributed by atoms with Gasteiger partial charge in [-0.2, -0.15) is 0 Å². The highest BCUT2D eigenvalue weighted by molar-refractivity contribution is 7.99. The number of carbonyl (C=O) groups is 1. The summed E-state index contributed by atoms with van der Waals surface area (Å²) in [5.41, 5.74) is 1.91. The van der Waals surface area contributed by atoms with Gasteiger partial charge in [-0.1, -0.05) is 36.0 Å². The number of fused-ring (bicyclic) bond motifs is 1. The molecule has 12 heteroatoms. The van der Waals surface area contributed by atoms with E-state index < -0.39 is 10.0 Å². The monoisotopic (exact) mass is 524 g/mol. The molecule has 10 nitrogen and oxygen atoms in total. The van der Waals surface area contributed by atoms with E-state index in [9.17, 15) is 13.2 Å². The fourth-order valence-electron chi connectivity index (χ4n) is 3.31. The van der Waals surface area contributed by atoms with Gasteiger partial charge in [0, 0.05) is 17.8 Å². The molecular formula is C24H20N4O6S2. The summed E-state index contributed by atoms with van der Waals surface area (Å²) in [4.78, 5) is 12.4. The molecule has 4 aromatic rings. The van der Waals surface area contributed by atoms with Gasteiger partial charge < -0.3 is 19.2 Å². The third-order valence-corrected chi connectivity index (χ3v) is 7.31. The van der Waals surface area contributed by atoms with E-state index in [0.717, 1.165) is 17.3 Å². The van der Waals surface area contributed by atoms with Crippen LogP contribution in [0.2, 0.25) is 0 Å². The van der Waals surface area contributed by atoms with Crippen LogP contribution in [0.1, 0.15) is 5.56 Å². The van der Waals surface area contributed by atoms with Crippen LogP contribution in [0.3, 0.4) is 0 Å². The number of benzene rings is 3. The average Bonchev–Trinajstić information content (AvgIpc) is 3.56. The first-order chi connectivity index (χ1) is 17.5. The van der Waals surface area contributed by atoms with Gasteiger partial charge in [-0.25, -0.2) is 8.42 Å². The van der Waals surface area contributed by atoms with Crippen molar-refractivity contribution < 1.29 is 27.1 Å². The zero-order valence-electron chi connectivity index (χ0n) is 18.7. The minimum absolute atomic E-state index is 0.104. The molecule has 0 atom stereocenters. The first-order valence-corrected chi connectivity index (χ1v) is 13.2. The second kappa shape index (κ2) is 10.3. The molecule has 0 saturated carbocycles. The largest absolute Gasteiger partial charge is 0.454 e. The summed E-state index contributed by atoms with van der Waals surface area (Å²) in [7, 11) is -3.68. The summed E-state index contributed by atoms with van der Waals surface area (Å²) in [5.74, 6) is 1.53. The zero-order chi connectivity index (χ0) is 25.0. The van der Waals surface area contributed by atoms with Gasteiger partial charge in [-0.05, 0) is 54.1 Å². The Bertz CT molecular complexity index is 1470. The number of hydrogen-bond acceptors (Lipinski definition) is 9. The van der Waals surface area contributed by atoms with Crippen molar-refractivity contribution in [3.63, 3.8) is 0 Å². The molecule has 36 heavy (non-hydrogen) atoms. The van der Waals surface area contributed by atoms with E-state index in [0.29, 0.717) is 29.3 Å². The van der Waals surface area contributed by atoms with Crippen molar-refractivity contribution >= 4 is 33.4 Å². The van der Waals surface area contributed by atoms with Gasteiger partial charge in [0.2, 0.25) is 18.6 Å². The summed E-state index contributed by atoms with van der Waals surface area (Å²) in [6, 6.07) is 20.2. The number of nitrogens with one attached hydrogen (secondary N) is 2. The minimum Gasteiger partial charge on any atom is -0.454 e. The standard InChI is InChI=1S/C24H20N4O6S2/c29-22(25-13-16-6-11-20-21(12-16)33-15-32-20)14-35-24-27-26-23(34-24)17-7-9-18(10-8-17)28-36(30,31)19-4-2-1-3-5-19/h1-12,28H,13-15H2,(H,25,29). The zero-order valence-corrected chi connectivity index (χ0v) is 20.3. The molecular weight excluding hydrogens is 504 g/mol. The average molecular weight is 525 g/mol. The van der Waals surface area contributed by atoms with Crippen LogP contribution < -0.4 is 19.5 Å². The van der Waals surface area contributed by atoms with Crippen molar-refractivity contribution in [2.45, 2.75) is 16.7 Å². The SMILES string of the molecule is O=C(CSc1nnc(-c2ccc(NS(=O)(=O)c3ccccc3)cc2)o1)NCc1ccc2c(c1)OCO2. The van der Waals surface area contributed by atoms with E-state index in [1.807, 2.05) is 18.2 Å². The molecule has 0 fully saturated rings. The quantitative estimate of drug-likeness (QED) is 0.315. The van der Waals surface area contributed by atoms with E-state index in [-0.39, 0.29) is 34.5 Å². The van der Waals surface area contributed by atoms with E-state index in [1.165, 1.54) is 12.1 Å². The van der Waals surface area contributed by atoms with Crippen LogP contribution in [0.15, 0.2) is 87.3 Å². The Labute approximate surface area is 211 Å². The molecule has 0 unspecified atom stereocenters. The van der Waals surface area contributed by atoms with Crippen LogP contribution >= 0.6 is 11.8 Å². The lowest BCUT2D eigenvalue weighted by molar-refractivity contribution is -0.118. The summed E-state index contributed by atoms with van der Waals surface area (Å²) in [5, 5.41) is 11.1. The van der Waals surface area contributed by atoms with Gasteiger partial charge in [0.1, 0.15) is 0 Å². The van der Waals surface area contributed by atoms with Crippen LogP contribution in [0, 0.1) is 0 Å². The minimum atomic E-state index is -3.68. The van der Waals surface area contributed by atoms with E-state index in [4.69, 9.17) is 13.9 Å². The number of anilines is 1. The number of ether oxygens (including phenoxy) is 2. The van der Waals surface area contributed by atoms with Gasteiger partial charge in [-0.15, -0.1) is 10.2 Å². The first-order valence-electron chi connectivity index (χ1n) is 10.8. The van der Waals surface area contributed by atoms with Crippen LogP contribution in [0.25, 0.3) is 11.5 Å². The summed E-state index contributed by atoms with van der Waals surface area (Å²) < 4.78 is 43.7. The summed E-state index contributed by atoms with van der Waals surface area (Å²) >= 11 is 1.12. The first kappa shape index (κ1) is 23.7. The van der Waals surface area contributed by atoms with E-state index in [2.05, 4.69) is 20.2 Å². The van der Waals surface area contributed by atoms with Crippen molar-refractivity contribution in [3.05, 3.63) is 78.4 Å². The van der Waals surface area contributed by atoms with Crippen LogP contribution in [0.5, 0.6) is 11.5 Å². The molecule has 2 N–H and O–H groups in total. The number of aromatic nitrogens is 2. The Morgan fingerprint density at radius 1 is 0.944 bits per heavy atom. The number of rotatable bonds is 9. The number of amides is 1. The third kappa shape index (κ3) is 5.61. The van der Waals surface area contributed by atoms with Crippen LogP contribution in [-0.4, -0.2) is 37.1 Å². The second-order valence-electron chi connectivity index (χ2n) is 7.62. The maximum absolute atomic E-state index is 12.5. The molecule has 1 aliphatic heterocycles. The number of nitrogens with zero attached hydrogens (tertiary/aromatic N) is 2. The Morgan fingerprint density at radius 2 is 1.72 bits per heavy atom. The molecule has 184 valence electrons. The van der Waals surface area contributed by atoms with Crippen molar-refractivity contribution in [3.8, 4) is 23.0 Å². The Hall–Kier alpha value is -4.03. The molecule has 0 bridgehead atoms. The molecule has 0 radical (unpaired) electrons. The number of hydrogen-bond donors (Lipinski definition) is 2. The number of thioether (sulfide) groups is 1. The predicted octanol–water partition coefficient (Wildman–Crippen LogP) is 3.67. The second-order valence-corrected chi connectivity index (χ2v) is 10.2. The lowest BCUT2D eigenvalue weighted by atomic mass is 10.2. The van der Waals surface area contributed by atoms with E-state index in [1.54, 1.807) is 42.5 Å². The fourth-order valence-corrected chi connectivity index (χ4v) is 4.98. The molecule has 5 rings (SSSR count). The van der Waals surface area contributed by atoms with Gasteiger partial charge in [0.15, 0.2) is 11.5 Å². The van der Waals surface area contributed by atoms with Gasteiger partial charge in [0.05, 0.1) is 10.6 Å². The Morgan fingerprint density at radius 3 is 2.53 bits per heavy atom. The third-order valence-electron chi connectivity index (χ3n) is 5.10. The van der Waals surface area contributed by atoms with Crippen molar-refractivity contribution in [2.24, 2.45) is 0 Å². The molecule has 0 spiro atoms. The molecule has 1 aliphatic rings. The topological polar surface area (TPSA) is 133 Å². The van der Waals surface area contributed by atoms with Crippen molar-refractivity contribution in [1.29, 1.82) is 0 Å². The summed E-state index contributed by atoms with van der Waals surface area (Å²) in [6.07, 6.45) is 0. The smallest absolute Gasteiger partial charge is 0.277 e. The molecule has 2 heterocycles. The highest BCUT2D eigenvalue weighted by atomic mass is 32.2. The fraction of sp³-hybridized carbons (Fsp3) is 0.125. The Balaban J connectivity index is 1.13. The highest BCUT2D eigenvalue weighted by Crippen LogP contribution is 2.32. The number of carbonyl (C=O) groups excluding carboxylic acids is 1. The van der Waals surface area contributed by atoms with Crippen molar-refractivity contribution in [1.82, 2.24) is 15.5 Å². The predicted molar refractivity (Wildman–Crippen MR) is 132 cm³/mol. The Kier molecular flexibility index (Phi) is 6.78. The van der Waals surface area contributed by atoms with Gasteiger partial charge >= 0.3 is 0 Å². The highest BCUT2D eigenvalue weighted by Gasteiger charge is 2.16. The van der Waals surface area contributed by atoms with Gasteiger partial charge in [0.25, 0.3) is 15.2 Å². The maximum atomic E-state index is 12.5. The molecule has 1 aromatic heterocycles. The molecule has 0 saturated heterocycles.